The van der Waals surface area contributed by atoms with Crippen LogP contribution in [0.25, 0.3) is 0 Å². The first-order valence-corrected chi connectivity index (χ1v) is 8.49. The summed E-state index contributed by atoms with van der Waals surface area (Å²) in [6.07, 6.45) is -0.783. The van der Waals surface area contributed by atoms with Gasteiger partial charge in [0.2, 0.25) is 0 Å². The summed E-state index contributed by atoms with van der Waals surface area (Å²) in [6.45, 7) is 7.68. The Balaban J connectivity index is 1.77. The van der Waals surface area contributed by atoms with E-state index in [1.165, 1.54) is 6.26 Å². The predicted octanol–water partition coefficient (Wildman–Crippen LogP) is 0.693. The molecule has 2 unspecified atom stereocenters. The van der Waals surface area contributed by atoms with Gasteiger partial charge in [-0.2, -0.15) is 0 Å². The Morgan fingerprint density at radius 1 is 1.05 bits per heavy atom. The van der Waals surface area contributed by atoms with E-state index in [2.05, 4.69) is 0 Å². The van der Waals surface area contributed by atoms with Crippen molar-refractivity contribution in [2.24, 2.45) is 0 Å². The minimum atomic E-state index is -1.44. The molecule has 122 valence electrons. The van der Waals surface area contributed by atoms with Crippen molar-refractivity contribution in [2.75, 3.05) is 12.9 Å². The maximum atomic E-state index is 11.5. The largest absolute Gasteiger partial charge is 0.348 e. The van der Waals surface area contributed by atoms with E-state index in [1.807, 2.05) is 27.7 Å². The van der Waals surface area contributed by atoms with Crippen LogP contribution in [-0.2, 0) is 38.9 Å². The second kappa shape index (κ2) is 5.23. The van der Waals surface area contributed by atoms with Gasteiger partial charge in [0.05, 0.1) is 6.61 Å². The van der Waals surface area contributed by atoms with E-state index in [1.54, 1.807) is 0 Å². The first kappa shape index (κ1) is 15.8. The van der Waals surface area contributed by atoms with Gasteiger partial charge in [0.1, 0.15) is 24.4 Å². The van der Waals surface area contributed by atoms with Gasteiger partial charge in [-0.15, -0.1) is 0 Å². The monoisotopic (exact) mass is 322 g/mol. The second-order valence-electron chi connectivity index (χ2n) is 6.40. The number of rotatable bonds is 3. The minimum absolute atomic E-state index is 0.311. The van der Waals surface area contributed by atoms with Crippen molar-refractivity contribution in [1.82, 2.24) is 0 Å². The third-order valence-electron chi connectivity index (χ3n) is 3.67. The van der Waals surface area contributed by atoms with E-state index in [0.29, 0.717) is 6.61 Å². The highest BCUT2D eigenvalue weighted by Crippen LogP contribution is 2.42. The SMILES string of the molecule is CS(=O)O[C@@H]1[C@H]2OC(C)(C)O[C@H]2O[C@@H]1C1COC(C)(C)O1. The quantitative estimate of drug-likeness (QED) is 0.757. The standard InChI is InChI=1S/C13H22O7S/c1-12(2)15-6-7(17-12)8-9(20-21(5)14)10-11(16-8)19-13(3,4)18-10/h7-11H,6H2,1-5H3/t7?,8-,9+,10-,11-,21?/m1/s1. The predicted molar refractivity (Wildman–Crippen MR) is 72.5 cm³/mol. The second-order valence-corrected chi connectivity index (χ2v) is 7.39. The van der Waals surface area contributed by atoms with Crippen LogP contribution in [0.2, 0.25) is 0 Å². The lowest BCUT2D eigenvalue weighted by Crippen LogP contribution is -2.44. The van der Waals surface area contributed by atoms with Crippen molar-refractivity contribution >= 4 is 11.1 Å². The summed E-state index contributed by atoms with van der Waals surface area (Å²) in [7, 11) is 0. The molecule has 0 aromatic carbocycles. The van der Waals surface area contributed by atoms with E-state index in [-0.39, 0.29) is 6.10 Å². The first-order valence-electron chi connectivity index (χ1n) is 7.00. The average molecular weight is 322 g/mol. The van der Waals surface area contributed by atoms with Crippen molar-refractivity contribution in [1.29, 1.82) is 0 Å². The summed E-state index contributed by atoms with van der Waals surface area (Å²) in [4.78, 5) is 0. The maximum absolute atomic E-state index is 11.5. The summed E-state index contributed by atoms with van der Waals surface area (Å²) in [5.41, 5.74) is 0. The molecule has 3 aliphatic heterocycles. The van der Waals surface area contributed by atoms with Crippen LogP contribution in [0.3, 0.4) is 0 Å². The average Bonchev–Trinajstić information content (AvgIpc) is 2.90. The van der Waals surface area contributed by atoms with Crippen LogP contribution in [-0.4, -0.2) is 59.4 Å². The molecule has 0 aromatic heterocycles. The van der Waals surface area contributed by atoms with Gasteiger partial charge in [-0.05, 0) is 27.7 Å². The van der Waals surface area contributed by atoms with Crippen LogP contribution in [0, 0.1) is 0 Å². The van der Waals surface area contributed by atoms with Crippen molar-refractivity contribution < 1.29 is 32.1 Å². The van der Waals surface area contributed by atoms with E-state index >= 15 is 0 Å². The van der Waals surface area contributed by atoms with Gasteiger partial charge in [-0.3, -0.25) is 4.18 Å². The molecule has 0 N–H and O–H groups in total. The van der Waals surface area contributed by atoms with Crippen LogP contribution in [0.4, 0.5) is 0 Å². The Labute approximate surface area is 126 Å². The number of ether oxygens (including phenoxy) is 5. The zero-order valence-electron chi connectivity index (χ0n) is 12.9. The summed E-state index contributed by atoms with van der Waals surface area (Å²) < 4.78 is 45.8. The fourth-order valence-electron chi connectivity index (χ4n) is 2.95. The molecule has 0 aliphatic carbocycles. The fraction of sp³-hybridized carbons (Fsp3) is 1.00. The molecule has 3 saturated heterocycles. The third-order valence-corrected chi connectivity index (χ3v) is 4.16. The Bertz CT molecular complexity index is 438. The molecule has 3 heterocycles. The topological polar surface area (TPSA) is 72.5 Å². The van der Waals surface area contributed by atoms with Gasteiger partial charge >= 0.3 is 0 Å². The molecular formula is C13H22O7S. The van der Waals surface area contributed by atoms with E-state index in [0.717, 1.165) is 0 Å². The minimum Gasteiger partial charge on any atom is -0.348 e. The van der Waals surface area contributed by atoms with Crippen molar-refractivity contribution in [3.05, 3.63) is 0 Å². The van der Waals surface area contributed by atoms with Crippen molar-refractivity contribution in [3.8, 4) is 0 Å². The summed E-state index contributed by atoms with van der Waals surface area (Å²) in [6, 6.07) is 0. The van der Waals surface area contributed by atoms with Crippen molar-refractivity contribution in [3.63, 3.8) is 0 Å². The molecule has 6 atom stereocenters. The highest BCUT2D eigenvalue weighted by atomic mass is 32.2. The van der Waals surface area contributed by atoms with Crippen LogP contribution >= 0.6 is 0 Å². The highest BCUT2D eigenvalue weighted by molar-refractivity contribution is 7.79. The number of hydrogen-bond donors (Lipinski definition) is 0. The smallest absolute Gasteiger partial charge is 0.190 e. The zero-order chi connectivity index (χ0) is 15.4. The molecule has 0 spiro atoms. The van der Waals surface area contributed by atoms with E-state index < -0.39 is 47.3 Å². The molecule has 0 aromatic rings. The van der Waals surface area contributed by atoms with Gasteiger partial charge in [-0.25, -0.2) is 4.21 Å². The van der Waals surface area contributed by atoms with Gasteiger partial charge in [0.15, 0.2) is 28.9 Å². The maximum Gasteiger partial charge on any atom is 0.190 e. The molecule has 21 heavy (non-hydrogen) atoms. The van der Waals surface area contributed by atoms with Crippen LogP contribution in [0.1, 0.15) is 27.7 Å². The Kier molecular flexibility index (Phi) is 3.93. The zero-order valence-corrected chi connectivity index (χ0v) is 13.7. The lowest BCUT2D eigenvalue weighted by atomic mass is 10.1. The summed E-state index contributed by atoms with van der Waals surface area (Å²) in [5.74, 6) is -1.41. The molecule has 0 amide bonds. The lowest BCUT2D eigenvalue weighted by molar-refractivity contribution is -0.230. The molecule has 0 bridgehead atoms. The first-order chi connectivity index (χ1) is 9.67. The third kappa shape index (κ3) is 3.17. The Morgan fingerprint density at radius 2 is 1.76 bits per heavy atom. The molecule has 8 heteroatoms. The molecule has 0 saturated carbocycles. The van der Waals surface area contributed by atoms with Gasteiger partial charge in [0.25, 0.3) is 0 Å². The fourth-order valence-corrected chi connectivity index (χ4v) is 3.48. The van der Waals surface area contributed by atoms with E-state index in [4.69, 9.17) is 27.9 Å². The lowest BCUT2D eigenvalue weighted by Gasteiger charge is -2.28. The molecule has 3 aliphatic rings. The van der Waals surface area contributed by atoms with Crippen LogP contribution in [0.5, 0.6) is 0 Å². The van der Waals surface area contributed by atoms with Crippen molar-refractivity contribution in [2.45, 2.75) is 70.0 Å². The number of hydrogen-bond acceptors (Lipinski definition) is 7. The molecule has 0 radical (unpaired) electrons. The normalized spacial score (nSPS) is 45.7. The Morgan fingerprint density at radius 3 is 2.33 bits per heavy atom. The van der Waals surface area contributed by atoms with Gasteiger partial charge in [0, 0.05) is 6.26 Å². The molecular weight excluding hydrogens is 300 g/mol. The summed E-state index contributed by atoms with van der Waals surface area (Å²) >= 11 is -1.44. The summed E-state index contributed by atoms with van der Waals surface area (Å²) in [5, 5.41) is 0. The molecule has 3 fully saturated rings. The van der Waals surface area contributed by atoms with E-state index in [9.17, 15) is 4.21 Å². The van der Waals surface area contributed by atoms with Gasteiger partial charge < -0.3 is 23.7 Å². The molecule has 3 rings (SSSR count). The highest BCUT2D eigenvalue weighted by Gasteiger charge is 2.59. The molecule has 7 nitrogen and oxygen atoms in total. The van der Waals surface area contributed by atoms with Crippen LogP contribution in [0.15, 0.2) is 0 Å². The van der Waals surface area contributed by atoms with Crippen LogP contribution < -0.4 is 0 Å². The van der Waals surface area contributed by atoms with Gasteiger partial charge in [-0.1, -0.05) is 0 Å². The Hall–Kier alpha value is -0.0900. The number of fused-ring (bicyclic) bond motifs is 1.